The average molecular weight is 243 g/mol. The van der Waals surface area contributed by atoms with Crippen molar-refractivity contribution in [2.24, 2.45) is 10.9 Å². The second kappa shape index (κ2) is 9.93. The predicted octanol–water partition coefficient (Wildman–Crippen LogP) is 1.15. The maximum absolute atomic E-state index is 11.2. The first-order valence-electron chi connectivity index (χ1n) is 6.18. The Labute approximate surface area is 104 Å². The molecule has 0 aliphatic rings. The maximum Gasteiger partial charge on any atom is 0.310 e. The molecule has 5 nitrogen and oxygen atoms in total. The second-order valence-corrected chi connectivity index (χ2v) is 4.01. The molecule has 0 saturated heterocycles. The molecule has 0 aliphatic heterocycles. The molecule has 0 bridgehead atoms. The molecule has 1 unspecified atom stereocenters. The fourth-order valence-electron chi connectivity index (χ4n) is 1.34. The molecule has 100 valence electrons. The van der Waals surface area contributed by atoms with Gasteiger partial charge in [0, 0.05) is 20.1 Å². The van der Waals surface area contributed by atoms with E-state index in [-0.39, 0.29) is 11.9 Å². The fourth-order valence-corrected chi connectivity index (χ4v) is 1.34. The molecule has 0 rings (SSSR count). The van der Waals surface area contributed by atoms with Crippen molar-refractivity contribution >= 4 is 11.9 Å². The zero-order valence-electron chi connectivity index (χ0n) is 11.4. The molecular formula is C12H25N3O2. The molecule has 0 aromatic rings. The molecule has 0 radical (unpaired) electrons. The number of methoxy groups -OCH3 is 1. The van der Waals surface area contributed by atoms with Crippen LogP contribution in [0, 0.1) is 5.92 Å². The fraction of sp³-hybridized carbons (Fsp3) is 0.833. The van der Waals surface area contributed by atoms with Gasteiger partial charge in [-0.25, -0.2) is 0 Å². The van der Waals surface area contributed by atoms with Crippen molar-refractivity contribution in [2.45, 2.75) is 33.1 Å². The van der Waals surface area contributed by atoms with Crippen molar-refractivity contribution in [2.75, 3.05) is 27.2 Å². The summed E-state index contributed by atoms with van der Waals surface area (Å²) in [5, 5.41) is 6.30. The highest BCUT2D eigenvalue weighted by Gasteiger charge is 2.12. The van der Waals surface area contributed by atoms with E-state index in [1.807, 2.05) is 6.92 Å². The van der Waals surface area contributed by atoms with Crippen molar-refractivity contribution in [3.05, 3.63) is 0 Å². The normalized spacial score (nSPS) is 13.1. The molecule has 0 fully saturated rings. The van der Waals surface area contributed by atoms with Gasteiger partial charge < -0.3 is 15.4 Å². The minimum atomic E-state index is -0.209. The molecule has 0 aliphatic carbocycles. The number of nitrogens with zero attached hydrogens (tertiary/aromatic N) is 1. The Morgan fingerprint density at radius 1 is 1.35 bits per heavy atom. The lowest BCUT2D eigenvalue weighted by molar-refractivity contribution is -0.144. The van der Waals surface area contributed by atoms with Crippen LogP contribution in [0.25, 0.3) is 0 Å². The van der Waals surface area contributed by atoms with Gasteiger partial charge in [-0.2, -0.15) is 0 Å². The maximum atomic E-state index is 11.2. The highest BCUT2D eigenvalue weighted by atomic mass is 16.5. The number of guanidine groups is 1. The van der Waals surface area contributed by atoms with Crippen LogP contribution in [0.5, 0.6) is 0 Å². The molecule has 0 aromatic carbocycles. The summed E-state index contributed by atoms with van der Waals surface area (Å²) < 4.78 is 4.65. The van der Waals surface area contributed by atoms with Crippen molar-refractivity contribution in [3.8, 4) is 0 Å². The Kier molecular flexibility index (Phi) is 9.19. The summed E-state index contributed by atoms with van der Waals surface area (Å²) in [5.41, 5.74) is 0. The van der Waals surface area contributed by atoms with E-state index >= 15 is 0 Å². The van der Waals surface area contributed by atoms with E-state index in [0.717, 1.165) is 18.9 Å². The number of nitrogens with one attached hydrogen (secondary N) is 2. The number of carbonyl (C=O) groups excluding carboxylic acids is 1. The SMILES string of the molecule is CCCCCNC(=NC)NCC(C)C(=O)OC. The molecule has 0 aromatic heterocycles. The minimum absolute atomic E-state index is 0.172. The van der Waals surface area contributed by atoms with E-state index in [4.69, 9.17) is 0 Å². The second-order valence-electron chi connectivity index (χ2n) is 4.01. The monoisotopic (exact) mass is 243 g/mol. The highest BCUT2D eigenvalue weighted by Crippen LogP contribution is 1.95. The third-order valence-electron chi connectivity index (χ3n) is 2.48. The van der Waals surface area contributed by atoms with Gasteiger partial charge >= 0.3 is 5.97 Å². The summed E-state index contributed by atoms with van der Waals surface area (Å²) in [5.74, 6) is 0.352. The van der Waals surface area contributed by atoms with Crippen molar-refractivity contribution in [1.29, 1.82) is 0 Å². The molecule has 1 atom stereocenters. The van der Waals surface area contributed by atoms with Crippen LogP contribution in [0.2, 0.25) is 0 Å². The standard InChI is InChI=1S/C12H25N3O2/c1-5-6-7-8-14-12(13-3)15-9-10(2)11(16)17-4/h10H,5-9H2,1-4H3,(H2,13,14,15). The summed E-state index contributed by atoms with van der Waals surface area (Å²) in [6.07, 6.45) is 3.54. The third-order valence-corrected chi connectivity index (χ3v) is 2.48. The molecule has 0 spiro atoms. The summed E-state index contributed by atoms with van der Waals surface area (Å²) in [6, 6.07) is 0. The Bertz CT molecular complexity index is 242. The Hall–Kier alpha value is -1.26. The number of hydrogen-bond donors (Lipinski definition) is 2. The van der Waals surface area contributed by atoms with Crippen molar-refractivity contribution in [1.82, 2.24) is 10.6 Å². The summed E-state index contributed by atoms with van der Waals surface area (Å²) >= 11 is 0. The number of aliphatic imine (C=N–C) groups is 1. The van der Waals surface area contributed by atoms with Gasteiger partial charge in [0.05, 0.1) is 13.0 Å². The average Bonchev–Trinajstić information content (AvgIpc) is 2.36. The number of rotatable bonds is 7. The Morgan fingerprint density at radius 2 is 2.06 bits per heavy atom. The topological polar surface area (TPSA) is 62.7 Å². The van der Waals surface area contributed by atoms with Crippen LogP contribution in [0.3, 0.4) is 0 Å². The Morgan fingerprint density at radius 3 is 2.59 bits per heavy atom. The third kappa shape index (κ3) is 7.60. The van der Waals surface area contributed by atoms with Gasteiger partial charge in [-0.1, -0.05) is 26.7 Å². The van der Waals surface area contributed by atoms with Gasteiger partial charge in [-0.3, -0.25) is 9.79 Å². The zero-order valence-corrected chi connectivity index (χ0v) is 11.4. The molecule has 0 amide bonds. The molecule has 17 heavy (non-hydrogen) atoms. The van der Waals surface area contributed by atoms with E-state index in [1.165, 1.54) is 20.0 Å². The summed E-state index contributed by atoms with van der Waals surface area (Å²) in [6.45, 7) is 5.43. The summed E-state index contributed by atoms with van der Waals surface area (Å²) in [7, 11) is 3.12. The predicted molar refractivity (Wildman–Crippen MR) is 70.1 cm³/mol. The Balaban J connectivity index is 3.79. The number of ether oxygens (including phenoxy) is 1. The number of esters is 1. The van der Waals surface area contributed by atoms with Gasteiger partial charge in [-0.05, 0) is 6.42 Å². The van der Waals surface area contributed by atoms with Gasteiger partial charge in [0.15, 0.2) is 5.96 Å². The first-order chi connectivity index (χ1) is 8.15. The molecule has 2 N–H and O–H groups in total. The van der Waals surface area contributed by atoms with E-state index < -0.39 is 0 Å². The van der Waals surface area contributed by atoms with Crippen LogP contribution < -0.4 is 10.6 Å². The van der Waals surface area contributed by atoms with Crippen LogP contribution in [0.15, 0.2) is 4.99 Å². The molecule has 0 saturated carbocycles. The van der Waals surface area contributed by atoms with E-state index in [1.54, 1.807) is 7.05 Å². The summed E-state index contributed by atoms with van der Waals surface area (Å²) in [4.78, 5) is 15.3. The first-order valence-corrected chi connectivity index (χ1v) is 6.18. The van der Waals surface area contributed by atoms with Gasteiger partial charge in [0.2, 0.25) is 0 Å². The van der Waals surface area contributed by atoms with Crippen LogP contribution in [-0.4, -0.2) is 39.2 Å². The molecule has 5 heteroatoms. The molecular weight excluding hydrogens is 218 g/mol. The van der Waals surface area contributed by atoms with E-state index in [0.29, 0.717) is 6.54 Å². The van der Waals surface area contributed by atoms with Crippen molar-refractivity contribution in [3.63, 3.8) is 0 Å². The van der Waals surface area contributed by atoms with Crippen LogP contribution in [-0.2, 0) is 9.53 Å². The lowest BCUT2D eigenvalue weighted by Crippen LogP contribution is -2.41. The van der Waals surface area contributed by atoms with Crippen LogP contribution in [0.1, 0.15) is 33.1 Å². The molecule has 0 heterocycles. The minimum Gasteiger partial charge on any atom is -0.469 e. The van der Waals surface area contributed by atoms with E-state index in [2.05, 4.69) is 27.3 Å². The van der Waals surface area contributed by atoms with Crippen molar-refractivity contribution < 1.29 is 9.53 Å². The number of hydrogen-bond acceptors (Lipinski definition) is 3. The smallest absolute Gasteiger partial charge is 0.310 e. The quantitative estimate of drug-likeness (QED) is 0.305. The van der Waals surface area contributed by atoms with E-state index in [9.17, 15) is 4.79 Å². The van der Waals surface area contributed by atoms with Gasteiger partial charge in [0.1, 0.15) is 0 Å². The first kappa shape index (κ1) is 15.7. The number of carbonyl (C=O) groups is 1. The number of unbranched alkanes of at least 4 members (excludes halogenated alkanes) is 2. The van der Waals surface area contributed by atoms with Crippen LogP contribution >= 0.6 is 0 Å². The largest absolute Gasteiger partial charge is 0.469 e. The zero-order chi connectivity index (χ0) is 13.1. The van der Waals surface area contributed by atoms with Crippen LogP contribution in [0.4, 0.5) is 0 Å². The lowest BCUT2D eigenvalue weighted by atomic mass is 10.2. The lowest BCUT2D eigenvalue weighted by Gasteiger charge is -2.14. The van der Waals surface area contributed by atoms with Gasteiger partial charge in [-0.15, -0.1) is 0 Å². The highest BCUT2D eigenvalue weighted by molar-refractivity contribution is 5.80. The van der Waals surface area contributed by atoms with Gasteiger partial charge in [0.25, 0.3) is 0 Å².